The number of β-lactam (4-membered cyclic amide) rings is 1. The summed E-state index contributed by atoms with van der Waals surface area (Å²) in [5.41, 5.74) is 7.24. The Morgan fingerprint density at radius 2 is 2.07 bits per heavy atom. The number of benzene rings is 1. The smallest absolute Gasteiger partial charge is 0.327 e. The molecule has 144 valence electrons. The first-order chi connectivity index (χ1) is 13.5. The van der Waals surface area contributed by atoms with E-state index in [0.717, 1.165) is 5.56 Å². The van der Waals surface area contributed by atoms with Crippen molar-refractivity contribution in [2.45, 2.75) is 17.5 Å². The Hall–Kier alpha value is -2.85. The van der Waals surface area contributed by atoms with Gasteiger partial charge >= 0.3 is 5.97 Å². The SMILES string of the molecule is Nc1nc(/C(=C/c2ccccc2)C(=O)NC2C(=O)N3C(C(=O)O)CSC23)cs1. The van der Waals surface area contributed by atoms with Crippen LogP contribution < -0.4 is 11.1 Å². The van der Waals surface area contributed by atoms with Crippen molar-refractivity contribution < 1.29 is 19.5 Å². The van der Waals surface area contributed by atoms with E-state index >= 15 is 0 Å². The number of carboxylic acids is 1. The predicted molar refractivity (Wildman–Crippen MR) is 107 cm³/mol. The lowest BCUT2D eigenvalue weighted by atomic mass is 10.0. The topological polar surface area (TPSA) is 126 Å². The molecule has 0 bridgehead atoms. The Balaban J connectivity index is 1.57. The lowest BCUT2D eigenvalue weighted by Gasteiger charge is -2.43. The molecule has 0 spiro atoms. The molecule has 2 aliphatic heterocycles. The Morgan fingerprint density at radius 3 is 2.71 bits per heavy atom. The molecule has 2 aromatic rings. The number of aromatic nitrogens is 1. The number of hydrogen-bond donors (Lipinski definition) is 3. The van der Waals surface area contributed by atoms with E-state index in [1.807, 2.05) is 30.3 Å². The van der Waals surface area contributed by atoms with Gasteiger partial charge in [0.15, 0.2) is 5.13 Å². The van der Waals surface area contributed by atoms with Crippen LogP contribution in [0.1, 0.15) is 11.3 Å². The maximum absolute atomic E-state index is 13.0. The van der Waals surface area contributed by atoms with Crippen molar-refractivity contribution in [1.29, 1.82) is 0 Å². The van der Waals surface area contributed by atoms with Gasteiger partial charge < -0.3 is 21.1 Å². The Kier molecular flexibility index (Phi) is 4.82. The molecule has 0 aliphatic carbocycles. The number of nitrogens with one attached hydrogen (secondary N) is 1. The van der Waals surface area contributed by atoms with Crippen molar-refractivity contribution in [2.75, 3.05) is 11.5 Å². The number of carbonyl (C=O) groups excluding carboxylic acids is 2. The second-order valence-corrected chi connectivity index (χ2v) is 8.35. The predicted octanol–water partition coefficient (Wildman–Crippen LogP) is 1.12. The van der Waals surface area contributed by atoms with Crippen molar-refractivity contribution in [1.82, 2.24) is 15.2 Å². The van der Waals surface area contributed by atoms with E-state index < -0.39 is 24.0 Å². The molecule has 8 nitrogen and oxygen atoms in total. The van der Waals surface area contributed by atoms with Crippen LogP contribution in [0.3, 0.4) is 0 Å². The molecular formula is C18H16N4O4S2. The lowest BCUT2D eigenvalue weighted by Crippen LogP contribution is -2.70. The molecule has 1 aromatic carbocycles. The number of nitrogen functional groups attached to an aromatic ring is 1. The van der Waals surface area contributed by atoms with E-state index in [1.165, 1.54) is 28.0 Å². The summed E-state index contributed by atoms with van der Waals surface area (Å²) in [5, 5.41) is 13.6. The minimum absolute atomic E-state index is 0.295. The van der Waals surface area contributed by atoms with Gasteiger partial charge in [-0.1, -0.05) is 30.3 Å². The number of nitrogens with two attached hydrogens (primary N) is 1. The van der Waals surface area contributed by atoms with E-state index in [4.69, 9.17) is 5.73 Å². The van der Waals surface area contributed by atoms with Crippen LogP contribution in [0.2, 0.25) is 0 Å². The molecule has 0 saturated carbocycles. The normalized spacial score (nSPS) is 23.9. The van der Waals surface area contributed by atoms with Crippen LogP contribution in [-0.4, -0.2) is 56.0 Å². The zero-order valence-corrected chi connectivity index (χ0v) is 16.1. The number of thioether (sulfide) groups is 1. The number of rotatable bonds is 5. The highest BCUT2D eigenvalue weighted by Gasteiger charge is 2.57. The number of amides is 2. The summed E-state index contributed by atoms with van der Waals surface area (Å²) in [6.45, 7) is 0. The number of hydrogen-bond acceptors (Lipinski definition) is 7. The Bertz CT molecular complexity index is 975. The number of carboxylic acid groups (broad SMARTS) is 1. The monoisotopic (exact) mass is 416 g/mol. The molecule has 28 heavy (non-hydrogen) atoms. The van der Waals surface area contributed by atoms with Gasteiger partial charge in [-0.25, -0.2) is 9.78 Å². The molecule has 4 N–H and O–H groups in total. The summed E-state index contributed by atoms with van der Waals surface area (Å²) in [6.07, 6.45) is 1.69. The third-order valence-corrected chi connectivity index (χ3v) is 6.59. The lowest BCUT2D eigenvalue weighted by molar-refractivity contribution is -0.158. The second-order valence-electron chi connectivity index (χ2n) is 6.31. The van der Waals surface area contributed by atoms with Gasteiger partial charge in [0.2, 0.25) is 5.91 Å². The molecule has 4 rings (SSSR count). The number of aliphatic carboxylic acids is 1. The Morgan fingerprint density at radius 1 is 1.32 bits per heavy atom. The zero-order valence-electron chi connectivity index (χ0n) is 14.4. The average molecular weight is 416 g/mol. The van der Waals surface area contributed by atoms with Crippen LogP contribution in [0, 0.1) is 0 Å². The summed E-state index contributed by atoms with van der Waals surface area (Å²) in [6, 6.07) is 7.68. The van der Waals surface area contributed by atoms with Gasteiger partial charge in [-0.3, -0.25) is 9.59 Å². The van der Waals surface area contributed by atoms with Crippen LogP contribution in [0.5, 0.6) is 0 Å². The van der Waals surface area contributed by atoms with Crippen LogP contribution in [0.15, 0.2) is 35.7 Å². The fraction of sp³-hybridized carbons (Fsp3) is 0.222. The van der Waals surface area contributed by atoms with Crippen molar-refractivity contribution >= 4 is 57.7 Å². The summed E-state index contributed by atoms with van der Waals surface area (Å²) in [4.78, 5) is 42.1. The molecule has 2 saturated heterocycles. The molecule has 3 unspecified atom stereocenters. The van der Waals surface area contributed by atoms with Crippen LogP contribution in [-0.2, 0) is 14.4 Å². The number of fused-ring (bicyclic) bond motifs is 1. The quantitative estimate of drug-likeness (QED) is 0.492. The van der Waals surface area contributed by atoms with E-state index in [9.17, 15) is 19.5 Å². The largest absolute Gasteiger partial charge is 0.480 e. The molecule has 3 heterocycles. The van der Waals surface area contributed by atoms with Gasteiger partial charge in [0, 0.05) is 11.1 Å². The number of carbonyl (C=O) groups is 3. The van der Waals surface area contributed by atoms with E-state index in [0.29, 0.717) is 22.2 Å². The summed E-state index contributed by atoms with van der Waals surface area (Å²) < 4.78 is 0. The molecule has 2 aliphatic rings. The summed E-state index contributed by atoms with van der Waals surface area (Å²) in [7, 11) is 0. The minimum Gasteiger partial charge on any atom is -0.480 e. The fourth-order valence-electron chi connectivity index (χ4n) is 3.19. The van der Waals surface area contributed by atoms with Crippen molar-refractivity contribution in [3.63, 3.8) is 0 Å². The van der Waals surface area contributed by atoms with Crippen LogP contribution >= 0.6 is 23.1 Å². The summed E-state index contributed by atoms with van der Waals surface area (Å²) in [5.74, 6) is -1.55. The maximum Gasteiger partial charge on any atom is 0.327 e. The van der Waals surface area contributed by atoms with Gasteiger partial charge in [0.1, 0.15) is 17.5 Å². The van der Waals surface area contributed by atoms with Crippen molar-refractivity contribution in [3.05, 3.63) is 47.0 Å². The van der Waals surface area contributed by atoms with Crippen LogP contribution in [0.25, 0.3) is 11.6 Å². The molecule has 1 aromatic heterocycles. The summed E-state index contributed by atoms with van der Waals surface area (Å²) >= 11 is 2.57. The zero-order chi connectivity index (χ0) is 19.8. The van der Waals surface area contributed by atoms with Gasteiger partial charge in [-0.2, -0.15) is 0 Å². The maximum atomic E-state index is 13.0. The number of anilines is 1. The first kappa shape index (κ1) is 18.5. The van der Waals surface area contributed by atoms with E-state index in [2.05, 4.69) is 10.3 Å². The standard InChI is InChI=1S/C18H16N4O4S2/c19-18-20-11(7-28-18)10(6-9-4-2-1-3-5-9)14(23)21-13-15(24)22-12(17(25)26)8-27-16(13)22/h1-7,12-13,16H,8H2,(H2,19,20)(H,21,23)(H,25,26)/b10-6-. The van der Waals surface area contributed by atoms with Gasteiger partial charge in [-0.15, -0.1) is 23.1 Å². The van der Waals surface area contributed by atoms with Crippen molar-refractivity contribution in [2.24, 2.45) is 0 Å². The first-order valence-corrected chi connectivity index (χ1v) is 10.3. The fourth-order valence-corrected chi connectivity index (χ4v) is 5.22. The van der Waals surface area contributed by atoms with Crippen LogP contribution in [0.4, 0.5) is 5.13 Å². The Labute approximate surface area is 168 Å². The molecular weight excluding hydrogens is 400 g/mol. The molecule has 2 amide bonds. The number of thiazole rings is 1. The molecule has 2 fully saturated rings. The van der Waals surface area contributed by atoms with Gasteiger partial charge in [-0.05, 0) is 11.6 Å². The third kappa shape index (κ3) is 3.25. The van der Waals surface area contributed by atoms with Crippen molar-refractivity contribution in [3.8, 4) is 0 Å². The van der Waals surface area contributed by atoms with E-state index in [1.54, 1.807) is 11.5 Å². The van der Waals surface area contributed by atoms with E-state index in [-0.39, 0.29) is 11.3 Å². The van der Waals surface area contributed by atoms with Gasteiger partial charge in [0.25, 0.3) is 5.91 Å². The molecule has 10 heteroatoms. The highest BCUT2D eigenvalue weighted by Crippen LogP contribution is 2.40. The second kappa shape index (κ2) is 7.28. The minimum atomic E-state index is -1.03. The highest BCUT2D eigenvalue weighted by atomic mass is 32.2. The third-order valence-electron chi connectivity index (χ3n) is 4.57. The average Bonchev–Trinajstić information content (AvgIpc) is 3.29. The molecule has 0 radical (unpaired) electrons. The first-order valence-electron chi connectivity index (χ1n) is 8.41. The van der Waals surface area contributed by atoms with Gasteiger partial charge in [0.05, 0.1) is 11.3 Å². The molecule has 3 atom stereocenters. The highest BCUT2D eigenvalue weighted by molar-refractivity contribution is 8.00. The number of nitrogens with zero attached hydrogens (tertiary/aromatic N) is 2.